The maximum absolute atomic E-state index is 14.9. The van der Waals surface area contributed by atoms with E-state index in [2.05, 4.69) is 51.8 Å². The number of hydrogen-bond donors (Lipinski definition) is 7. The lowest BCUT2D eigenvalue weighted by Crippen LogP contribution is -2.62. The zero-order valence-electron chi connectivity index (χ0n) is 50.7. The second-order valence-corrected chi connectivity index (χ2v) is 28.2. The van der Waals surface area contributed by atoms with Crippen molar-refractivity contribution < 1.29 is 75.1 Å². The molecule has 5 saturated heterocycles. The molecule has 23 nitrogen and oxygen atoms in total. The highest BCUT2D eigenvalue weighted by Gasteiger charge is 2.51. The van der Waals surface area contributed by atoms with Crippen molar-refractivity contribution in [2.75, 3.05) is 63.8 Å². The van der Waals surface area contributed by atoms with Gasteiger partial charge < -0.3 is 51.1 Å². The van der Waals surface area contributed by atoms with Gasteiger partial charge in [0.25, 0.3) is 18.2 Å². The summed E-state index contributed by atoms with van der Waals surface area (Å²) >= 11 is 0.818. The molecule has 9 amide bonds. The molecule has 6 aliphatic heterocycles. The molecule has 5 fully saturated rings. The first kappa shape index (κ1) is 66.6. The van der Waals surface area contributed by atoms with E-state index >= 15 is 0 Å². The first-order valence-corrected chi connectivity index (χ1v) is 33.1. The second-order valence-electron chi connectivity index (χ2n) is 25.5. The number of primary amides is 1. The maximum atomic E-state index is 14.9. The summed E-state index contributed by atoms with van der Waals surface area (Å²) in [5.74, 6) is -5.53. The van der Waals surface area contributed by atoms with E-state index in [-0.39, 0.29) is 109 Å². The number of alkyl halides is 4. The number of imide groups is 1. The Labute approximate surface area is 526 Å². The SMILES string of the molecule is CC(C)(C)c1ccc(C[C@H](NC(=O)[C@H](CCC(N)=O)NC(=O)[C@@H]2CC[C@@H]3CCN(CC(F)F)C[C@H](NC(=O)c4cc5cc(C(F)(F)P(=O)(O)O)ccc5s4)C(=O)N32)C(=O)N2CCN(C3CCN(c4cccc5c4CN(C4CCC(=O)NC4=O)C5=O)CC3)CC2)cc1. The third-order valence-electron chi connectivity index (χ3n) is 18.4. The molecule has 29 heteroatoms. The number of rotatable bonds is 19. The van der Waals surface area contributed by atoms with Gasteiger partial charge in [-0.15, -0.1) is 11.3 Å². The predicted octanol–water partition coefficient (Wildman–Crippen LogP) is 3.91. The van der Waals surface area contributed by atoms with Crippen LogP contribution in [0.3, 0.4) is 0 Å². The standard InChI is InChI=1S/C62H76F4N11O12PS/c1-61(2,3)37-9-7-35(8-10-37)29-44(59(85)75-27-25-73(26-28-75)39-20-23-74(24-21-39)46-6-4-5-41-42(46)32-76(58(41)84)47-15-18-53(79)71-55(47)81)69-54(80)43(13-17-52(67)78)68-56(82)48-14-12-40-19-22-72(34-51(63)64)33-45(60(86)77(40)48)70-57(83)50-31-36-30-38(11-16-49(36)91-50)62(65,66)90(87,88)89/h4-11,16,30-31,39-40,43-45,47-48,51H,12-15,17-29,32-34H2,1-3H3,(H2,67,78)(H,68,82)(H,69,80)(H,70,83)(H,71,79,81)(H2,87,88,89)/t40-,43+,44+,45+,47?,48+/m1/s1. The maximum Gasteiger partial charge on any atom is 0.399 e. The van der Waals surface area contributed by atoms with Crippen molar-refractivity contribution in [1.29, 1.82) is 0 Å². The predicted molar refractivity (Wildman–Crippen MR) is 327 cm³/mol. The number of benzene rings is 3. The van der Waals surface area contributed by atoms with E-state index in [1.165, 1.54) is 15.9 Å². The van der Waals surface area contributed by atoms with Gasteiger partial charge in [0, 0.05) is 117 Å². The summed E-state index contributed by atoms with van der Waals surface area (Å²) in [5.41, 5.74) is 3.97. The fraction of sp³-hybridized carbons (Fsp3) is 0.532. The van der Waals surface area contributed by atoms with Crippen LogP contribution >= 0.6 is 18.9 Å². The van der Waals surface area contributed by atoms with Crippen molar-refractivity contribution in [2.24, 2.45) is 5.73 Å². The van der Waals surface area contributed by atoms with Crippen LogP contribution in [0.4, 0.5) is 23.2 Å². The average Bonchev–Trinajstić information content (AvgIpc) is 1.91. The second kappa shape index (κ2) is 27.1. The zero-order chi connectivity index (χ0) is 65.4. The van der Waals surface area contributed by atoms with E-state index in [4.69, 9.17) is 5.73 Å². The number of carbonyl (C=O) groups is 9. The Balaban J connectivity index is 0.814. The minimum atomic E-state index is -5.94. The Morgan fingerprint density at radius 1 is 0.813 bits per heavy atom. The van der Waals surface area contributed by atoms with Gasteiger partial charge in [0.15, 0.2) is 0 Å². The van der Waals surface area contributed by atoms with Crippen LogP contribution < -0.4 is 31.9 Å². The van der Waals surface area contributed by atoms with E-state index in [1.807, 2.05) is 36.4 Å². The first-order chi connectivity index (χ1) is 43.0. The number of thiophene rings is 1. The number of amides is 9. The summed E-state index contributed by atoms with van der Waals surface area (Å²) in [7, 11) is -5.94. The van der Waals surface area contributed by atoms with Crippen LogP contribution in [0, 0.1) is 0 Å². The molecule has 6 aliphatic rings. The molecule has 490 valence electrons. The fourth-order valence-corrected chi connectivity index (χ4v) is 14.9. The number of nitrogens with zero attached hydrogens (tertiary/aromatic N) is 6. The molecule has 0 radical (unpaired) electrons. The summed E-state index contributed by atoms with van der Waals surface area (Å²) in [6.07, 6.45) is -0.959. The Kier molecular flexibility index (Phi) is 19.8. The number of halogens is 4. The third-order valence-corrected chi connectivity index (χ3v) is 20.5. The molecule has 0 saturated carbocycles. The van der Waals surface area contributed by atoms with Crippen molar-refractivity contribution in [2.45, 2.75) is 151 Å². The van der Waals surface area contributed by atoms with E-state index in [0.29, 0.717) is 44.8 Å². The smallest absolute Gasteiger partial charge is 0.371 e. The van der Waals surface area contributed by atoms with Gasteiger partial charge in [-0.3, -0.25) is 62.8 Å². The number of nitrogens with two attached hydrogens (primary N) is 1. The molecule has 7 heterocycles. The van der Waals surface area contributed by atoms with Gasteiger partial charge in [-0.25, -0.2) is 8.78 Å². The summed E-state index contributed by atoms with van der Waals surface area (Å²) in [5, 5.41) is 10.6. The van der Waals surface area contributed by atoms with Gasteiger partial charge in [-0.1, -0.05) is 57.2 Å². The largest absolute Gasteiger partial charge is 0.399 e. The fourth-order valence-electron chi connectivity index (χ4n) is 13.4. The van der Waals surface area contributed by atoms with Crippen LogP contribution in [0.25, 0.3) is 10.1 Å². The third kappa shape index (κ3) is 14.8. The molecular weight excluding hydrogens is 1230 g/mol. The van der Waals surface area contributed by atoms with Crippen LogP contribution in [0.2, 0.25) is 0 Å². The number of piperazine rings is 1. The number of carbonyl (C=O) groups excluding carboxylic acids is 9. The summed E-state index contributed by atoms with van der Waals surface area (Å²) in [6.45, 7) is 8.46. The number of hydrogen-bond acceptors (Lipinski definition) is 14. The molecule has 8 N–H and O–H groups in total. The van der Waals surface area contributed by atoms with Gasteiger partial charge in [-0.2, -0.15) is 8.78 Å². The molecule has 1 aromatic heterocycles. The normalized spacial score (nSPS) is 22.3. The van der Waals surface area contributed by atoms with Crippen molar-refractivity contribution in [3.8, 4) is 0 Å². The lowest BCUT2D eigenvalue weighted by Gasteiger charge is -2.44. The van der Waals surface area contributed by atoms with E-state index < -0.39 is 110 Å². The Hall–Kier alpha value is -7.36. The Bertz CT molecular complexity index is 3530. The zero-order valence-corrected chi connectivity index (χ0v) is 52.4. The summed E-state index contributed by atoms with van der Waals surface area (Å²) in [4.78, 5) is 153. The summed E-state index contributed by atoms with van der Waals surface area (Å²) < 4.78 is 69.2. The lowest BCUT2D eigenvalue weighted by molar-refractivity contribution is -0.144. The van der Waals surface area contributed by atoms with Crippen LogP contribution in [0.15, 0.2) is 66.7 Å². The number of anilines is 1. The van der Waals surface area contributed by atoms with Gasteiger partial charge in [0.1, 0.15) is 30.2 Å². The van der Waals surface area contributed by atoms with E-state index in [9.17, 15) is 75.1 Å². The number of nitrogens with one attached hydrogen (secondary N) is 4. The van der Waals surface area contributed by atoms with Gasteiger partial charge >= 0.3 is 13.3 Å². The summed E-state index contributed by atoms with van der Waals surface area (Å²) in [6, 6.07) is 10.6. The molecule has 6 atom stereocenters. The van der Waals surface area contributed by atoms with E-state index in [0.717, 1.165) is 64.8 Å². The lowest BCUT2D eigenvalue weighted by atomic mass is 9.86. The minimum absolute atomic E-state index is 0.0302. The van der Waals surface area contributed by atoms with Crippen molar-refractivity contribution in [3.05, 3.63) is 99.4 Å². The molecule has 10 rings (SSSR count). The van der Waals surface area contributed by atoms with Gasteiger partial charge in [-0.05, 0) is 97.2 Å². The minimum Gasteiger partial charge on any atom is -0.371 e. The Morgan fingerprint density at radius 3 is 2.16 bits per heavy atom. The Morgan fingerprint density at radius 2 is 1.51 bits per heavy atom. The topological polar surface area (TPSA) is 305 Å². The van der Waals surface area contributed by atoms with Gasteiger partial charge in [0.2, 0.25) is 41.4 Å². The number of fused-ring (bicyclic) bond motifs is 3. The van der Waals surface area contributed by atoms with Crippen LogP contribution in [-0.2, 0) is 62.2 Å². The van der Waals surface area contributed by atoms with Crippen molar-refractivity contribution in [1.82, 2.24) is 45.8 Å². The molecule has 91 heavy (non-hydrogen) atoms. The van der Waals surface area contributed by atoms with Crippen LogP contribution in [0.1, 0.15) is 121 Å². The highest BCUT2D eigenvalue weighted by atomic mass is 32.1. The van der Waals surface area contributed by atoms with Gasteiger partial charge in [0.05, 0.1) is 11.4 Å². The van der Waals surface area contributed by atoms with Crippen LogP contribution in [-0.4, -0.2) is 195 Å². The molecule has 0 aliphatic carbocycles. The van der Waals surface area contributed by atoms with Crippen molar-refractivity contribution in [3.63, 3.8) is 0 Å². The highest BCUT2D eigenvalue weighted by Crippen LogP contribution is 2.59. The molecule has 1 unspecified atom stereocenters. The number of piperidine rings is 2. The quantitative estimate of drug-likeness (QED) is 0.0398. The van der Waals surface area contributed by atoms with Crippen LogP contribution in [0.5, 0.6) is 0 Å². The molecule has 3 aromatic carbocycles. The first-order valence-electron chi connectivity index (χ1n) is 30.7. The monoisotopic (exact) mass is 1310 g/mol. The molecule has 0 bridgehead atoms. The molecular formula is C62H76F4N11O12PS. The van der Waals surface area contributed by atoms with Crippen molar-refractivity contribution >= 4 is 87.9 Å². The average molecular weight is 1310 g/mol. The highest BCUT2D eigenvalue weighted by molar-refractivity contribution is 7.52. The molecule has 4 aromatic rings. The molecule has 0 spiro atoms. The van der Waals surface area contributed by atoms with E-state index in [1.54, 1.807) is 15.9 Å².